The maximum atomic E-state index is 13.0. The number of nitrogens with one attached hydrogen (secondary N) is 1. The summed E-state index contributed by atoms with van der Waals surface area (Å²) in [4.78, 5) is 41.2. The van der Waals surface area contributed by atoms with Crippen LogP contribution in [0.2, 0.25) is 5.02 Å². The Labute approximate surface area is 211 Å². The Morgan fingerprint density at radius 2 is 1.67 bits per heavy atom. The molecule has 10 nitrogen and oxygen atoms in total. The first kappa shape index (κ1) is 24.8. The number of benzene rings is 2. The van der Waals surface area contributed by atoms with E-state index < -0.39 is 11.4 Å². The molecule has 2 aromatic carbocycles. The lowest BCUT2D eigenvalue weighted by atomic mass is 10.2. The summed E-state index contributed by atoms with van der Waals surface area (Å²) < 4.78 is 8.15. The van der Waals surface area contributed by atoms with Crippen LogP contribution in [0.15, 0.2) is 70.3 Å². The van der Waals surface area contributed by atoms with Gasteiger partial charge >= 0.3 is 11.4 Å². The first-order valence-electron chi connectivity index (χ1n) is 11.3. The number of aromatic nitrogens is 5. The number of Topliss-reactive ketones (excluding diaryl/α,β-unsaturated/α-hetero) is 1. The molecule has 2 aromatic heterocycles. The van der Waals surface area contributed by atoms with Crippen molar-refractivity contribution in [2.45, 2.75) is 33.4 Å². The van der Waals surface area contributed by atoms with Gasteiger partial charge in [-0.2, -0.15) is 4.98 Å². The van der Waals surface area contributed by atoms with Crippen LogP contribution >= 0.6 is 11.6 Å². The molecule has 2 heterocycles. The van der Waals surface area contributed by atoms with Gasteiger partial charge in [0.05, 0.1) is 6.54 Å². The van der Waals surface area contributed by atoms with Crippen molar-refractivity contribution in [3.63, 3.8) is 0 Å². The zero-order valence-corrected chi connectivity index (χ0v) is 20.4. The smallest absolute Gasteiger partial charge is 0.354 e. The molecule has 4 aromatic rings. The first-order chi connectivity index (χ1) is 17.4. The zero-order valence-electron chi connectivity index (χ0n) is 19.6. The molecule has 1 N–H and O–H groups in total. The van der Waals surface area contributed by atoms with E-state index >= 15 is 0 Å². The lowest BCUT2D eigenvalue weighted by Crippen LogP contribution is -2.42. The summed E-state index contributed by atoms with van der Waals surface area (Å²) in [6.45, 7) is 3.87. The van der Waals surface area contributed by atoms with Crippen LogP contribution < -0.4 is 21.4 Å². The molecule has 0 bridgehead atoms. The van der Waals surface area contributed by atoms with E-state index in [2.05, 4.69) is 20.5 Å². The summed E-state index contributed by atoms with van der Waals surface area (Å²) in [6.07, 6.45) is 0.347. The Hall–Kier alpha value is -4.31. The Balaban J connectivity index is 1.56. The van der Waals surface area contributed by atoms with E-state index in [0.29, 0.717) is 22.9 Å². The van der Waals surface area contributed by atoms with Gasteiger partial charge in [-0.25, -0.2) is 14.2 Å². The molecule has 0 aliphatic rings. The summed E-state index contributed by atoms with van der Waals surface area (Å²) in [5.74, 6) is 0.738. The molecule has 0 saturated carbocycles. The molecule has 0 aliphatic heterocycles. The third-order valence-corrected chi connectivity index (χ3v) is 5.55. The fourth-order valence-electron chi connectivity index (χ4n) is 3.37. The van der Waals surface area contributed by atoms with Crippen molar-refractivity contribution in [3.05, 3.63) is 97.9 Å². The van der Waals surface area contributed by atoms with E-state index in [-0.39, 0.29) is 36.4 Å². The normalized spacial score (nSPS) is 10.8. The molecular weight excluding hydrogens is 484 g/mol. The highest BCUT2D eigenvalue weighted by molar-refractivity contribution is 6.30. The third kappa shape index (κ3) is 5.66. The molecule has 36 heavy (non-hydrogen) atoms. The molecule has 0 spiro atoms. The van der Waals surface area contributed by atoms with E-state index in [4.69, 9.17) is 16.3 Å². The number of carbonyl (C=O) groups is 1. The predicted molar refractivity (Wildman–Crippen MR) is 135 cm³/mol. The molecule has 4 rings (SSSR count). The van der Waals surface area contributed by atoms with Gasteiger partial charge in [-0.3, -0.25) is 9.36 Å². The SMILES string of the molecule is CCC(=O)c1ccc(Oc2ccc(Nc3nc(=O)n(CC)c(=O)n3Cc3ccc(Cl)cc3)cc2)nn1. The second-order valence-electron chi connectivity index (χ2n) is 7.74. The summed E-state index contributed by atoms with van der Waals surface area (Å²) in [6, 6.07) is 17.0. The van der Waals surface area contributed by atoms with Gasteiger partial charge in [-0.15, -0.1) is 10.2 Å². The van der Waals surface area contributed by atoms with Crippen LogP contribution in [0.3, 0.4) is 0 Å². The van der Waals surface area contributed by atoms with Gasteiger partial charge in [0.2, 0.25) is 11.8 Å². The van der Waals surface area contributed by atoms with Gasteiger partial charge < -0.3 is 10.1 Å². The van der Waals surface area contributed by atoms with E-state index in [1.807, 2.05) is 0 Å². The second-order valence-corrected chi connectivity index (χ2v) is 8.18. The largest absolute Gasteiger partial charge is 0.438 e. The summed E-state index contributed by atoms with van der Waals surface area (Å²) in [5, 5.41) is 11.4. The Kier molecular flexibility index (Phi) is 7.55. The van der Waals surface area contributed by atoms with Crippen LogP contribution in [-0.4, -0.2) is 30.1 Å². The topological polar surface area (TPSA) is 121 Å². The van der Waals surface area contributed by atoms with Crippen molar-refractivity contribution in [2.75, 3.05) is 5.32 Å². The van der Waals surface area contributed by atoms with Gasteiger partial charge in [-0.1, -0.05) is 30.7 Å². The second kappa shape index (κ2) is 11.0. The number of nitrogens with zero attached hydrogens (tertiary/aromatic N) is 5. The minimum absolute atomic E-state index is 0.0979. The molecule has 0 atom stereocenters. The fraction of sp³-hybridized carbons (Fsp3) is 0.200. The van der Waals surface area contributed by atoms with Crippen molar-refractivity contribution in [1.29, 1.82) is 0 Å². The number of ketones is 1. The van der Waals surface area contributed by atoms with E-state index in [1.54, 1.807) is 74.5 Å². The van der Waals surface area contributed by atoms with E-state index in [9.17, 15) is 14.4 Å². The molecule has 0 unspecified atom stereocenters. The lowest BCUT2D eigenvalue weighted by Gasteiger charge is -2.15. The lowest BCUT2D eigenvalue weighted by molar-refractivity contribution is 0.0982. The maximum absolute atomic E-state index is 13.0. The van der Waals surface area contributed by atoms with Crippen LogP contribution in [0, 0.1) is 0 Å². The maximum Gasteiger partial charge on any atom is 0.354 e. The van der Waals surface area contributed by atoms with Crippen LogP contribution in [0.4, 0.5) is 11.6 Å². The highest BCUT2D eigenvalue weighted by Gasteiger charge is 2.14. The van der Waals surface area contributed by atoms with Crippen molar-refractivity contribution in [3.8, 4) is 11.6 Å². The van der Waals surface area contributed by atoms with Crippen molar-refractivity contribution < 1.29 is 9.53 Å². The Morgan fingerprint density at radius 1 is 0.944 bits per heavy atom. The standard InChI is InChI=1S/C25H23ClN6O4/c1-3-21(33)20-13-14-22(30-29-20)36-19-11-9-18(10-12-19)27-23-28-24(34)31(4-2)25(35)32(23)15-16-5-7-17(26)8-6-16/h5-14H,3-4,15H2,1-2H3,(H,27,28,34). The van der Waals surface area contributed by atoms with Crippen LogP contribution in [-0.2, 0) is 13.1 Å². The van der Waals surface area contributed by atoms with Gasteiger partial charge in [0, 0.05) is 29.7 Å². The molecule has 0 fully saturated rings. The minimum atomic E-state index is -0.638. The Bertz CT molecular complexity index is 1480. The zero-order chi connectivity index (χ0) is 25.7. The molecule has 0 saturated heterocycles. The summed E-state index contributed by atoms with van der Waals surface area (Å²) in [5.41, 5.74) is 0.581. The summed E-state index contributed by atoms with van der Waals surface area (Å²) >= 11 is 5.97. The van der Waals surface area contributed by atoms with Gasteiger partial charge in [0.15, 0.2) is 5.78 Å². The highest BCUT2D eigenvalue weighted by Crippen LogP contribution is 2.23. The molecule has 11 heteroatoms. The van der Waals surface area contributed by atoms with Gasteiger partial charge in [-0.05, 0) is 55.0 Å². The number of carbonyl (C=O) groups excluding carboxylic acids is 1. The van der Waals surface area contributed by atoms with Crippen LogP contribution in [0.5, 0.6) is 11.6 Å². The highest BCUT2D eigenvalue weighted by atomic mass is 35.5. The quantitative estimate of drug-likeness (QED) is 0.337. The van der Waals surface area contributed by atoms with Gasteiger partial charge in [0.1, 0.15) is 11.4 Å². The molecule has 184 valence electrons. The van der Waals surface area contributed by atoms with Crippen molar-refractivity contribution in [1.82, 2.24) is 24.3 Å². The van der Waals surface area contributed by atoms with Crippen molar-refractivity contribution >= 4 is 29.0 Å². The number of hydrogen-bond acceptors (Lipinski definition) is 8. The Morgan fingerprint density at radius 3 is 2.28 bits per heavy atom. The van der Waals surface area contributed by atoms with Crippen LogP contribution in [0.1, 0.15) is 36.3 Å². The van der Waals surface area contributed by atoms with Crippen LogP contribution in [0.25, 0.3) is 0 Å². The summed E-state index contributed by atoms with van der Waals surface area (Å²) in [7, 11) is 0. The average Bonchev–Trinajstić information content (AvgIpc) is 2.89. The average molecular weight is 507 g/mol. The molecule has 0 aliphatic carbocycles. The molecule has 0 radical (unpaired) electrons. The third-order valence-electron chi connectivity index (χ3n) is 5.30. The predicted octanol–water partition coefficient (Wildman–Crippen LogP) is 4.05. The monoisotopic (exact) mass is 506 g/mol. The fourth-order valence-corrected chi connectivity index (χ4v) is 3.50. The number of halogens is 1. The minimum Gasteiger partial charge on any atom is -0.438 e. The molecule has 0 amide bonds. The number of hydrogen-bond donors (Lipinski definition) is 1. The van der Waals surface area contributed by atoms with E-state index in [1.165, 1.54) is 4.57 Å². The number of anilines is 2. The van der Waals surface area contributed by atoms with Gasteiger partial charge in [0.25, 0.3) is 0 Å². The first-order valence-corrected chi connectivity index (χ1v) is 11.6. The van der Waals surface area contributed by atoms with Crippen molar-refractivity contribution in [2.24, 2.45) is 0 Å². The van der Waals surface area contributed by atoms with E-state index in [0.717, 1.165) is 10.1 Å². The number of rotatable bonds is 9. The number of ether oxygens (including phenoxy) is 1. The molecular formula is C25H23ClN6O4.